The molecule has 0 bridgehead atoms. The van der Waals surface area contributed by atoms with Crippen LogP contribution in [0, 0.1) is 11.8 Å². The molecule has 2 N–H and O–H groups in total. The molecule has 2 saturated carbocycles. The summed E-state index contributed by atoms with van der Waals surface area (Å²) in [5.41, 5.74) is 0. The molecule has 2 atom stereocenters. The number of carbonyl (C=O) groups excluding carboxylic acids is 1. The van der Waals surface area contributed by atoms with Crippen molar-refractivity contribution in [2.75, 3.05) is 6.61 Å². The fourth-order valence-corrected chi connectivity index (χ4v) is 3.47. The molecule has 0 aromatic carbocycles. The summed E-state index contributed by atoms with van der Waals surface area (Å²) in [4.78, 5) is 22.8. The minimum absolute atomic E-state index is 0.0634. The molecule has 2 aliphatic rings. The van der Waals surface area contributed by atoms with Gasteiger partial charge < -0.3 is 15.2 Å². The summed E-state index contributed by atoms with van der Waals surface area (Å²) in [6.07, 6.45) is 7.72. The normalized spacial score (nSPS) is 33.4. The number of rotatable bonds is 5. The molecular weight excluding hydrogens is 270 g/mol. The smallest absolute Gasteiger partial charge is 0.306 e. The first-order chi connectivity index (χ1) is 10.1. The van der Waals surface area contributed by atoms with Gasteiger partial charge in [-0.05, 0) is 44.4 Å². The molecule has 2 aliphatic carbocycles. The predicted molar refractivity (Wildman–Crippen MR) is 78.9 cm³/mol. The number of carboxylic acid groups (broad SMARTS) is 1. The molecule has 0 spiro atoms. The Morgan fingerprint density at radius 2 is 1.76 bits per heavy atom. The monoisotopic (exact) mass is 297 g/mol. The van der Waals surface area contributed by atoms with E-state index in [-0.39, 0.29) is 30.6 Å². The molecule has 5 nitrogen and oxygen atoms in total. The van der Waals surface area contributed by atoms with Crippen molar-refractivity contribution in [1.82, 2.24) is 5.32 Å². The fraction of sp³-hybridized carbons (Fsp3) is 0.875. The molecular formula is C16H27NO4. The van der Waals surface area contributed by atoms with Crippen molar-refractivity contribution in [3.05, 3.63) is 0 Å². The van der Waals surface area contributed by atoms with Crippen molar-refractivity contribution >= 4 is 11.9 Å². The van der Waals surface area contributed by atoms with E-state index in [1.54, 1.807) is 0 Å². The highest BCUT2D eigenvalue weighted by molar-refractivity contribution is 5.77. The Morgan fingerprint density at radius 1 is 1.10 bits per heavy atom. The summed E-state index contributed by atoms with van der Waals surface area (Å²) < 4.78 is 5.75. The van der Waals surface area contributed by atoms with E-state index in [0.717, 1.165) is 19.3 Å². The molecule has 0 heterocycles. The summed E-state index contributed by atoms with van der Waals surface area (Å²) >= 11 is 0. The zero-order valence-electron chi connectivity index (χ0n) is 12.8. The van der Waals surface area contributed by atoms with E-state index < -0.39 is 5.97 Å². The summed E-state index contributed by atoms with van der Waals surface area (Å²) in [5.74, 6) is -0.476. The minimum Gasteiger partial charge on any atom is -0.481 e. The Morgan fingerprint density at radius 3 is 2.38 bits per heavy atom. The van der Waals surface area contributed by atoms with Gasteiger partial charge >= 0.3 is 5.97 Å². The third-order valence-corrected chi connectivity index (χ3v) is 4.90. The first kappa shape index (κ1) is 16.3. The fourth-order valence-electron chi connectivity index (χ4n) is 3.47. The first-order valence-electron chi connectivity index (χ1n) is 8.20. The highest BCUT2D eigenvalue weighted by Crippen LogP contribution is 2.26. The van der Waals surface area contributed by atoms with E-state index in [1.165, 1.54) is 19.3 Å². The molecule has 0 aromatic heterocycles. The first-order valence-corrected chi connectivity index (χ1v) is 8.20. The second-order valence-electron chi connectivity index (χ2n) is 6.57. The molecule has 0 aromatic rings. The molecule has 2 fully saturated rings. The number of ether oxygens (including phenoxy) is 1. The van der Waals surface area contributed by atoms with Crippen LogP contribution >= 0.6 is 0 Å². The number of carboxylic acids is 1. The average molecular weight is 297 g/mol. The number of nitrogens with one attached hydrogen (secondary N) is 1. The highest BCUT2D eigenvalue weighted by Gasteiger charge is 2.27. The van der Waals surface area contributed by atoms with Crippen molar-refractivity contribution in [2.24, 2.45) is 11.8 Å². The van der Waals surface area contributed by atoms with Gasteiger partial charge in [0.15, 0.2) is 0 Å². The Bertz CT molecular complexity index is 363. The zero-order valence-corrected chi connectivity index (χ0v) is 12.8. The molecule has 2 unspecified atom stereocenters. The Labute approximate surface area is 126 Å². The van der Waals surface area contributed by atoms with Gasteiger partial charge in [-0.3, -0.25) is 9.59 Å². The van der Waals surface area contributed by atoms with Crippen LogP contribution in [0.2, 0.25) is 0 Å². The van der Waals surface area contributed by atoms with E-state index in [1.807, 2.05) is 0 Å². The van der Waals surface area contributed by atoms with Crippen LogP contribution in [0.1, 0.15) is 58.3 Å². The van der Waals surface area contributed by atoms with Gasteiger partial charge in [0.25, 0.3) is 0 Å². The summed E-state index contributed by atoms with van der Waals surface area (Å²) in [7, 11) is 0. The van der Waals surface area contributed by atoms with Gasteiger partial charge in [0.2, 0.25) is 5.91 Å². The Hall–Kier alpha value is -1.10. The third-order valence-electron chi connectivity index (χ3n) is 4.90. The standard InChI is InChI=1S/C16H27NO4/c1-11-4-2-3-5-14(11)21-10-15(18)17-13-8-6-12(7-9-13)16(19)20/h11-14H,2-10H2,1H3,(H,17,18)(H,19,20). The number of hydrogen-bond donors (Lipinski definition) is 2. The van der Waals surface area contributed by atoms with Crippen LogP contribution in [0.3, 0.4) is 0 Å². The lowest BCUT2D eigenvalue weighted by atomic mass is 9.86. The van der Waals surface area contributed by atoms with Crippen molar-refractivity contribution in [3.8, 4) is 0 Å². The topological polar surface area (TPSA) is 75.6 Å². The highest BCUT2D eigenvalue weighted by atomic mass is 16.5. The van der Waals surface area contributed by atoms with E-state index in [0.29, 0.717) is 18.8 Å². The van der Waals surface area contributed by atoms with Crippen molar-refractivity contribution in [3.63, 3.8) is 0 Å². The third kappa shape index (κ3) is 4.99. The lowest BCUT2D eigenvalue weighted by molar-refractivity contribution is -0.142. The molecule has 0 saturated heterocycles. The van der Waals surface area contributed by atoms with Crippen molar-refractivity contribution < 1.29 is 19.4 Å². The van der Waals surface area contributed by atoms with Crippen LogP contribution in [0.5, 0.6) is 0 Å². The zero-order chi connectivity index (χ0) is 15.2. The molecule has 0 aliphatic heterocycles. The summed E-state index contributed by atoms with van der Waals surface area (Å²) in [6.45, 7) is 2.32. The maximum absolute atomic E-state index is 11.9. The van der Waals surface area contributed by atoms with Gasteiger partial charge in [0.05, 0.1) is 12.0 Å². The van der Waals surface area contributed by atoms with Crippen LogP contribution in [-0.4, -0.2) is 35.7 Å². The lowest BCUT2D eigenvalue weighted by Gasteiger charge is -2.29. The van der Waals surface area contributed by atoms with Crippen molar-refractivity contribution in [1.29, 1.82) is 0 Å². The van der Waals surface area contributed by atoms with Gasteiger partial charge in [0, 0.05) is 6.04 Å². The van der Waals surface area contributed by atoms with Crippen LogP contribution in [-0.2, 0) is 14.3 Å². The maximum atomic E-state index is 11.9. The largest absolute Gasteiger partial charge is 0.481 e. The maximum Gasteiger partial charge on any atom is 0.306 e. The second-order valence-corrected chi connectivity index (χ2v) is 6.57. The van der Waals surface area contributed by atoms with Crippen LogP contribution < -0.4 is 5.32 Å². The van der Waals surface area contributed by atoms with Gasteiger partial charge in [0.1, 0.15) is 6.61 Å². The predicted octanol–water partition coefficient (Wildman–Crippen LogP) is 2.34. The number of carbonyl (C=O) groups is 2. The quantitative estimate of drug-likeness (QED) is 0.816. The minimum atomic E-state index is -0.714. The average Bonchev–Trinajstić information content (AvgIpc) is 2.47. The second kappa shape index (κ2) is 7.78. The molecule has 2 rings (SSSR count). The Balaban J connectivity index is 1.64. The lowest BCUT2D eigenvalue weighted by Crippen LogP contribution is -2.41. The van der Waals surface area contributed by atoms with Gasteiger partial charge in [-0.1, -0.05) is 19.8 Å². The van der Waals surface area contributed by atoms with Crippen LogP contribution in [0.25, 0.3) is 0 Å². The van der Waals surface area contributed by atoms with E-state index in [9.17, 15) is 9.59 Å². The molecule has 21 heavy (non-hydrogen) atoms. The summed E-state index contributed by atoms with van der Waals surface area (Å²) in [6, 6.07) is 0.112. The SMILES string of the molecule is CC1CCCCC1OCC(=O)NC1CCC(C(=O)O)CC1. The van der Waals surface area contributed by atoms with Gasteiger partial charge in [-0.2, -0.15) is 0 Å². The summed E-state index contributed by atoms with van der Waals surface area (Å²) in [5, 5.41) is 11.9. The number of aliphatic carboxylic acids is 1. The number of amides is 1. The van der Waals surface area contributed by atoms with E-state index in [4.69, 9.17) is 9.84 Å². The number of hydrogen-bond acceptors (Lipinski definition) is 3. The van der Waals surface area contributed by atoms with Gasteiger partial charge in [-0.25, -0.2) is 0 Å². The molecule has 1 amide bonds. The Kier molecular flexibility index (Phi) is 6.03. The van der Waals surface area contributed by atoms with E-state index in [2.05, 4.69) is 12.2 Å². The van der Waals surface area contributed by atoms with Crippen LogP contribution in [0.15, 0.2) is 0 Å². The molecule has 120 valence electrons. The van der Waals surface area contributed by atoms with Gasteiger partial charge in [-0.15, -0.1) is 0 Å². The molecule has 5 heteroatoms. The van der Waals surface area contributed by atoms with E-state index >= 15 is 0 Å². The molecule has 0 radical (unpaired) electrons. The van der Waals surface area contributed by atoms with Crippen molar-refractivity contribution in [2.45, 2.75) is 70.4 Å². The van der Waals surface area contributed by atoms with Crippen LogP contribution in [0.4, 0.5) is 0 Å².